The summed E-state index contributed by atoms with van der Waals surface area (Å²) in [5.74, 6) is -0.174. The molecule has 3 atom stereocenters. The van der Waals surface area contributed by atoms with E-state index < -0.39 is 18.1 Å². The number of hydrogen-bond acceptors (Lipinski definition) is 5. The number of nitrogen functional groups attached to an aromatic ring is 1. The van der Waals surface area contributed by atoms with Gasteiger partial charge in [-0.2, -0.15) is 0 Å². The summed E-state index contributed by atoms with van der Waals surface area (Å²) in [7, 11) is 3.53. The van der Waals surface area contributed by atoms with Crippen molar-refractivity contribution >= 4 is 29.3 Å². The number of benzene rings is 1. The SMILES string of the molecule is CC1C(=O)C2C(N=C(/C=C/c3cccc(N)c3)N2C)N(C)C1=O. The minimum Gasteiger partial charge on any atom is -0.399 e. The van der Waals surface area contributed by atoms with Gasteiger partial charge in [-0.1, -0.05) is 18.2 Å². The zero-order valence-electron chi connectivity index (χ0n) is 13.4. The molecule has 2 heterocycles. The molecule has 1 amide bonds. The zero-order chi connectivity index (χ0) is 16.7. The summed E-state index contributed by atoms with van der Waals surface area (Å²) >= 11 is 0. The van der Waals surface area contributed by atoms with Gasteiger partial charge in [-0.05, 0) is 30.7 Å². The predicted octanol–water partition coefficient (Wildman–Crippen LogP) is 0.998. The number of piperidine rings is 1. The van der Waals surface area contributed by atoms with Gasteiger partial charge in [0.15, 0.2) is 11.9 Å². The molecule has 6 nitrogen and oxygen atoms in total. The first-order valence-corrected chi connectivity index (χ1v) is 7.55. The number of amidine groups is 1. The van der Waals surface area contributed by atoms with E-state index in [0.29, 0.717) is 11.5 Å². The number of ketones is 1. The van der Waals surface area contributed by atoms with Crippen LogP contribution in [0.25, 0.3) is 6.08 Å². The first-order valence-electron chi connectivity index (χ1n) is 7.55. The van der Waals surface area contributed by atoms with Crippen LogP contribution in [0.3, 0.4) is 0 Å². The van der Waals surface area contributed by atoms with Gasteiger partial charge in [0, 0.05) is 19.8 Å². The van der Waals surface area contributed by atoms with Crippen LogP contribution >= 0.6 is 0 Å². The first-order chi connectivity index (χ1) is 10.9. The van der Waals surface area contributed by atoms with Crippen molar-refractivity contribution in [3.8, 4) is 0 Å². The Labute approximate surface area is 135 Å². The van der Waals surface area contributed by atoms with E-state index >= 15 is 0 Å². The van der Waals surface area contributed by atoms with Crippen molar-refractivity contribution in [2.45, 2.75) is 19.1 Å². The molecule has 0 aliphatic carbocycles. The minimum atomic E-state index is -0.615. The van der Waals surface area contributed by atoms with Crippen molar-refractivity contribution in [2.75, 3.05) is 19.8 Å². The van der Waals surface area contributed by atoms with E-state index in [2.05, 4.69) is 4.99 Å². The van der Waals surface area contributed by atoms with Gasteiger partial charge in [-0.3, -0.25) is 9.59 Å². The maximum absolute atomic E-state index is 12.4. The van der Waals surface area contributed by atoms with Gasteiger partial charge in [0.2, 0.25) is 5.91 Å². The van der Waals surface area contributed by atoms with E-state index in [4.69, 9.17) is 5.73 Å². The number of fused-ring (bicyclic) bond motifs is 1. The summed E-state index contributed by atoms with van der Waals surface area (Å²) in [6, 6.07) is 7.10. The fourth-order valence-corrected chi connectivity index (χ4v) is 3.08. The Morgan fingerprint density at radius 1 is 1.17 bits per heavy atom. The molecule has 0 radical (unpaired) electrons. The third kappa shape index (κ3) is 2.50. The molecule has 6 heteroatoms. The largest absolute Gasteiger partial charge is 0.399 e. The number of likely N-dealkylation sites (tertiary alicyclic amines) is 1. The fourth-order valence-electron chi connectivity index (χ4n) is 3.08. The third-order valence-electron chi connectivity index (χ3n) is 4.49. The number of amides is 1. The lowest BCUT2D eigenvalue weighted by Crippen LogP contribution is -2.59. The zero-order valence-corrected chi connectivity index (χ0v) is 13.4. The number of rotatable bonds is 2. The van der Waals surface area contributed by atoms with Gasteiger partial charge in [-0.15, -0.1) is 0 Å². The molecule has 1 saturated heterocycles. The Balaban J connectivity index is 1.87. The molecule has 2 aliphatic rings. The molecule has 1 aromatic rings. The number of carbonyl (C=O) groups is 2. The van der Waals surface area contributed by atoms with Crippen LogP contribution in [0, 0.1) is 5.92 Å². The summed E-state index contributed by atoms with van der Waals surface area (Å²) in [4.78, 5) is 32.5. The average molecular weight is 312 g/mol. The van der Waals surface area contributed by atoms with Gasteiger partial charge in [0.1, 0.15) is 11.9 Å². The van der Waals surface area contributed by atoms with Crippen LogP contribution in [0.4, 0.5) is 5.69 Å². The number of nitrogens with two attached hydrogens (primary N) is 1. The second-order valence-electron chi connectivity index (χ2n) is 6.03. The second kappa shape index (κ2) is 5.53. The highest BCUT2D eigenvalue weighted by Gasteiger charge is 2.49. The monoisotopic (exact) mass is 312 g/mol. The molecule has 1 aromatic carbocycles. The first kappa shape index (κ1) is 15.3. The van der Waals surface area contributed by atoms with Crippen molar-refractivity contribution in [3.05, 3.63) is 35.9 Å². The lowest BCUT2D eigenvalue weighted by atomic mass is 9.91. The summed E-state index contributed by atoms with van der Waals surface area (Å²) < 4.78 is 0. The van der Waals surface area contributed by atoms with E-state index in [1.807, 2.05) is 48.4 Å². The molecule has 1 fully saturated rings. The Bertz CT molecular complexity index is 725. The van der Waals surface area contributed by atoms with Gasteiger partial charge >= 0.3 is 0 Å². The van der Waals surface area contributed by atoms with Crippen LogP contribution < -0.4 is 5.73 Å². The van der Waals surface area contributed by atoms with Crippen molar-refractivity contribution < 1.29 is 9.59 Å². The fraction of sp³-hybridized carbons (Fsp3) is 0.353. The van der Waals surface area contributed by atoms with Crippen LogP contribution in [-0.2, 0) is 9.59 Å². The van der Waals surface area contributed by atoms with Crippen LogP contribution in [-0.4, -0.2) is 53.6 Å². The molecule has 2 N–H and O–H groups in total. The van der Waals surface area contributed by atoms with Gasteiger partial charge in [0.25, 0.3) is 0 Å². The summed E-state index contributed by atoms with van der Waals surface area (Å²) in [6.45, 7) is 1.66. The predicted molar refractivity (Wildman–Crippen MR) is 89.6 cm³/mol. The van der Waals surface area contributed by atoms with Crippen molar-refractivity contribution in [1.82, 2.24) is 9.80 Å². The summed E-state index contributed by atoms with van der Waals surface area (Å²) in [5, 5.41) is 0. The molecule has 23 heavy (non-hydrogen) atoms. The van der Waals surface area contributed by atoms with Crippen molar-refractivity contribution in [1.29, 1.82) is 0 Å². The summed E-state index contributed by atoms with van der Waals surface area (Å²) in [5.41, 5.74) is 7.42. The van der Waals surface area contributed by atoms with E-state index in [1.54, 1.807) is 18.9 Å². The Kier molecular flexibility index (Phi) is 3.67. The van der Waals surface area contributed by atoms with E-state index in [9.17, 15) is 9.59 Å². The molecular weight excluding hydrogens is 292 g/mol. The number of carbonyl (C=O) groups excluding carboxylic acids is 2. The second-order valence-corrected chi connectivity index (χ2v) is 6.03. The number of Topliss-reactive ketones (excluding diaryl/α,β-unsaturated/α-hetero) is 1. The molecule has 120 valence electrons. The minimum absolute atomic E-state index is 0.0725. The van der Waals surface area contributed by atoms with Crippen LogP contribution in [0.5, 0.6) is 0 Å². The van der Waals surface area contributed by atoms with Crippen LogP contribution in [0.15, 0.2) is 35.3 Å². The molecule has 0 aromatic heterocycles. The Hall–Kier alpha value is -2.63. The average Bonchev–Trinajstić information content (AvgIpc) is 2.86. The van der Waals surface area contributed by atoms with E-state index in [-0.39, 0.29) is 11.7 Å². The number of hydrogen-bond donors (Lipinski definition) is 1. The van der Waals surface area contributed by atoms with Crippen LogP contribution in [0.1, 0.15) is 12.5 Å². The molecule has 3 unspecified atom stereocenters. The normalized spacial score (nSPS) is 27.6. The molecule has 0 spiro atoms. The maximum atomic E-state index is 12.4. The van der Waals surface area contributed by atoms with Crippen molar-refractivity contribution in [2.24, 2.45) is 10.9 Å². The van der Waals surface area contributed by atoms with Gasteiger partial charge in [-0.25, -0.2) is 4.99 Å². The van der Waals surface area contributed by atoms with Gasteiger partial charge in [0.05, 0.1) is 5.92 Å². The van der Waals surface area contributed by atoms with E-state index in [1.165, 1.54) is 0 Å². The lowest BCUT2D eigenvalue weighted by molar-refractivity contribution is -0.149. The molecule has 3 rings (SSSR count). The highest BCUT2D eigenvalue weighted by atomic mass is 16.2. The number of anilines is 1. The molecule has 0 bridgehead atoms. The number of nitrogens with zero attached hydrogens (tertiary/aromatic N) is 3. The molecule has 2 aliphatic heterocycles. The highest BCUT2D eigenvalue weighted by Crippen LogP contribution is 2.28. The quantitative estimate of drug-likeness (QED) is 0.652. The Morgan fingerprint density at radius 3 is 2.61 bits per heavy atom. The van der Waals surface area contributed by atoms with Gasteiger partial charge < -0.3 is 15.5 Å². The summed E-state index contributed by atoms with van der Waals surface area (Å²) in [6.07, 6.45) is 3.30. The molecular formula is C17H20N4O2. The van der Waals surface area contributed by atoms with E-state index in [0.717, 1.165) is 5.56 Å². The highest BCUT2D eigenvalue weighted by molar-refractivity contribution is 6.10. The number of aliphatic imine (C=N–C) groups is 1. The third-order valence-corrected chi connectivity index (χ3v) is 4.49. The maximum Gasteiger partial charge on any atom is 0.234 e. The lowest BCUT2D eigenvalue weighted by Gasteiger charge is -2.37. The smallest absolute Gasteiger partial charge is 0.234 e. The Morgan fingerprint density at radius 2 is 1.91 bits per heavy atom. The standard InChI is InChI=1S/C17H20N4O2/c1-10-15(22)14-16(21(3)17(10)23)19-13(20(14)2)8-7-11-5-4-6-12(18)9-11/h4-10,14,16H,18H2,1-3H3/b8-7+. The van der Waals surface area contributed by atoms with Crippen molar-refractivity contribution in [3.63, 3.8) is 0 Å². The topological polar surface area (TPSA) is 79.0 Å². The molecule has 0 saturated carbocycles. The van der Waals surface area contributed by atoms with Crippen LogP contribution in [0.2, 0.25) is 0 Å². The number of likely N-dealkylation sites (N-methyl/N-ethyl adjacent to an activating group) is 2.